The second-order valence-electron chi connectivity index (χ2n) is 3.26. The van der Waals surface area contributed by atoms with Crippen LogP contribution in [0.25, 0.3) is 0 Å². The Hall–Kier alpha value is -0.870. The maximum Gasteiger partial charge on any atom is 0.333 e. The second kappa shape index (κ2) is 2.57. The largest absolute Gasteiger partial charge is 0.466 e. The topological polar surface area (TPSA) is 74.3 Å². The Morgan fingerprint density at radius 2 is 2.58 bits per heavy atom. The van der Waals surface area contributed by atoms with Gasteiger partial charge in [0.2, 0.25) is 0 Å². The highest BCUT2D eigenvalue weighted by Gasteiger charge is 2.44. The number of fused-ring (bicyclic) bond motifs is 1. The molecule has 0 aromatic rings. The molecule has 3 atom stereocenters. The first-order valence-corrected chi connectivity index (χ1v) is 4.03. The predicted octanol–water partition coefficient (Wildman–Crippen LogP) is -0.843. The van der Waals surface area contributed by atoms with Crippen molar-refractivity contribution in [1.29, 1.82) is 0 Å². The van der Waals surface area contributed by atoms with Gasteiger partial charge in [0.1, 0.15) is 0 Å². The molecule has 2 aliphatic rings. The van der Waals surface area contributed by atoms with Gasteiger partial charge >= 0.3 is 5.97 Å². The highest BCUT2D eigenvalue weighted by Crippen LogP contribution is 2.28. The lowest BCUT2D eigenvalue weighted by Crippen LogP contribution is -2.31. The molecule has 1 heterocycles. The predicted molar refractivity (Wildman–Crippen MR) is 43.4 cm³/mol. The van der Waals surface area contributed by atoms with E-state index in [0.29, 0.717) is 17.7 Å². The molecule has 66 valence electrons. The fourth-order valence-corrected chi connectivity index (χ4v) is 1.68. The Labute approximate surface area is 70.8 Å². The average Bonchev–Trinajstić information content (AvgIpc) is 2.82. The van der Waals surface area contributed by atoms with E-state index in [-0.39, 0.29) is 12.0 Å². The van der Waals surface area contributed by atoms with Crippen molar-refractivity contribution in [1.82, 2.24) is 5.32 Å². The maximum atomic E-state index is 11.1. The average molecular weight is 168 g/mol. The highest BCUT2D eigenvalue weighted by atomic mass is 16.5. The van der Waals surface area contributed by atoms with Gasteiger partial charge in [0.15, 0.2) is 0 Å². The molecule has 4 nitrogen and oxygen atoms in total. The summed E-state index contributed by atoms with van der Waals surface area (Å²) in [5, 5.41) is 3.20. The van der Waals surface area contributed by atoms with E-state index in [4.69, 9.17) is 5.73 Å². The van der Waals surface area contributed by atoms with E-state index in [9.17, 15) is 4.79 Å². The molecule has 0 aromatic carbocycles. The van der Waals surface area contributed by atoms with E-state index >= 15 is 0 Å². The number of rotatable bonds is 1. The zero-order valence-corrected chi connectivity index (χ0v) is 6.91. The maximum absolute atomic E-state index is 11.1. The molecular weight excluding hydrogens is 156 g/mol. The summed E-state index contributed by atoms with van der Waals surface area (Å²) in [6.07, 6.45) is 2.55. The fraction of sp³-hybridized carbons (Fsp3) is 0.625. The molecule has 1 fully saturated rings. The minimum atomic E-state index is -0.252. The van der Waals surface area contributed by atoms with Crippen LogP contribution in [-0.4, -0.2) is 31.2 Å². The van der Waals surface area contributed by atoms with E-state index in [1.165, 1.54) is 7.11 Å². The van der Waals surface area contributed by atoms with Gasteiger partial charge in [-0.15, -0.1) is 0 Å². The number of carbonyl (C=O) groups excluding carboxylic acids is 1. The molecule has 0 bridgehead atoms. The monoisotopic (exact) mass is 168 g/mol. The molecule has 0 spiro atoms. The van der Waals surface area contributed by atoms with Crippen LogP contribution in [0.1, 0.15) is 6.42 Å². The van der Waals surface area contributed by atoms with Crippen LogP contribution in [0.15, 0.2) is 11.6 Å². The normalized spacial score (nSPS) is 38.2. The third kappa shape index (κ3) is 1.13. The molecule has 0 saturated carbocycles. The third-order valence-electron chi connectivity index (χ3n) is 2.43. The van der Waals surface area contributed by atoms with E-state index in [1.54, 1.807) is 6.08 Å². The van der Waals surface area contributed by atoms with Crippen LogP contribution in [-0.2, 0) is 9.53 Å². The van der Waals surface area contributed by atoms with Gasteiger partial charge in [-0.25, -0.2) is 4.79 Å². The van der Waals surface area contributed by atoms with Crippen molar-refractivity contribution in [2.75, 3.05) is 7.11 Å². The summed E-state index contributed by atoms with van der Waals surface area (Å²) < 4.78 is 4.61. The molecule has 0 aromatic heterocycles. The van der Waals surface area contributed by atoms with Gasteiger partial charge in [0.05, 0.1) is 7.11 Å². The van der Waals surface area contributed by atoms with Crippen LogP contribution >= 0.6 is 0 Å². The van der Waals surface area contributed by atoms with E-state index < -0.39 is 0 Å². The summed E-state index contributed by atoms with van der Waals surface area (Å²) in [4.78, 5) is 11.1. The molecule has 1 aliphatic heterocycles. The minimum absolute atomic E-state index is 0.0298. The number of hydrogen-bond acceptors (Lipinski definition) is 4. The molecule has 1 aliphatic carbocycles. The van der Waals surface area contributed by atoms with Crippen LogP contribution in [0.2, 0.25) is 0 Å². The van der Waals surface area contributed by atoms with Gasteiger partial charge in [-0.2, -0.15) is 0 Å². The number of esters is 1. The van der Waals surface area contributed by atoms with Crippen molar-refractivity contribution in [3.05, 3.63) is 11.6 Å². The molecular formula is C8H12N2O2. The van der Waals surface area contributed by atoms with Gasteiger partial charge in [-0.1, -0.05) is 6.08 Å². The van der Waals surface area contributed by atoms with E-state index in [1.807, 2.05) is 0 Å². The minimum Gasteiger partial charge on any atom is -0.466 e. The SMILES string of the molecule is COC(=O)C1=C[C@H](N)[C@H]2N[C@H]2C1. The van der Waals surface area contributed by atoms with Crippen molar-refractivity contribution in [2.24, 2.45) is 5.73 Å². The van der Waals surface area contributed by atoms with Crippen molar-refractivity contribution in [2.45, 2.75) is 24.5 Å². The molecule has 0 radical (unpaired) electrons. The second-order valence-corrected chi connectivity index (χ2v) is 3.26. The molecule has 0 unspecified atom stereocenters. The summed E-state index contributed by atoms with van der Waals surface area (Å²) in [7, 11) is 1.39. The van der Waals surface area contributed by atoms with Crippen LogP contribution in [0.5, 0.6) is 0 Å². The lowest BCUT2D eigenvalue weighted by molar-refractivity contribution is -0.136. The Balaban J connectivity index is 2.11. The van der Waals surface area contributed by atoms with Gasteiger partial charge in [-0.05, 0) is 6.42 Å². The first kappa shape index (κ1) is 7.76. The van der Waals surface area contributed by atoms with E-state index in [2.05, 4.69) is 10.1 Å². The fourth-order valence-electron chi connectivity index (χ4n) is 1.68. The summed E-state index contributed by atoms with van der Waals surface area (Å²) in [6, 6.07) is 0.760. The van der Waals surface area contributed by atoms with Gasteiger partial charge < -0.3 is 15.8 Å². The molecule has 2 rings (SSSR count). The van der Waals surface area contributed by atoms with Crippen LogP contribution in [0.3, 0.4) is 0 Å². The number of carbonyl (C=O) groups is 1. The zero-order chi connectivity index (χ0) is 8.72. The summed E-state index contributed by atoms with van der Waals surface area (Å²) in [6.45, 7) is 0. The van der Waals surface area contributed by atoms with Gasteiger partial charge in [0, 0.05) is 23.7 Å². The van der Waals surface area contributed by atoms with Crippen molar-refractivity contribution >= 4 is 5.97 Å². The van der Waals surface area contributed by atoms with Gasteiger partial charge in [0.25, 0.3) is 0 Å². The number of ether oxygens (including phenoxy) is 1. The van der Waals surface area contributed by atoms with Crippen molar-refractivity contribution in [3.8, 4) is 0 Å². The van der Waals surface area contributed by atoms with Crippen LogP contribution < -0.4 is 11.1 Å². The van der Waals surface area contributed by atoms with Crippen molar-refractivity contribution in [3.63, 3.8) is 0 Å². The Morgan fingerprint density at radius 3 is 3.17 bits per heavy atom. The standard InChI is InChI=1S/C8H12N2O2/c1-12-8(11)4-2-5(9)7-6(3-4)10-7/h2,5-7,10H,3,9H2,1H3/t5-,6-,7+/m0/s1. The molecule has 12 heavy (non-hydrogen) atoms. The Kier molecular flexibility index (Phi) is 1.66. The molecule has 1 saturated heterocycles. The first-order chi connectivity index (χ1) is 5.72. The molecule has 4 heteroatoms. The number of hydrogen-bond donors (Lipinski definition) is 2. The third-order valence-corrected chi connectivity index (χ3v) is 2.43. The Morgan fingerprint density at radius 1 is 1.83 bits per heavy atom. The number of nitrogens with two attached hydrogens (primary N) is 1. The van der Waals surface area contributed by atoms with Gasteiger partial charge in [-0.3, -0.25) is 0 Å². The molecule has 3 N–H and O–H groups in total. The number of methoxy groups -OCH3 is 1. The first-order valence-electron chi connectivity index (χ1n) is 4.03. The highest BCUT2D eigenvalue weighted by molar-refractivity contribution is 5.89. The Bertz CT molecular complexity index is 249. The zero-order valence-electron chi connectivity index (χ0n) is 6.91. The summed E-state index contributed by atoms with van der Waals surface area (Å²) >= 11 is 0. The van der Waals surface area contributed by atoms with Crippen LogP contribution in [0.4, 0.5) is 0 Å². The van der Waals surface area contributed by atoms with Crippen molar-refractivity contribution < 1.29 is 9.53 Å². The lowest BCUT2D eigenvalue weighted by atomic mass is 9.96. The molecule has 0 amide bonds. The van der Waals surface area contributed by atoms with Crippen LogP contribution in [0, 0.1) is 0 Å². The smallest absolute Gasteiger partial charge is 0.333 e. The number of nitrogens with one attached hydrogen (secondary N) is 1. The quantitative estimate of drug-likeness (QED) is 0.395. The lowest BCUT2D eigenvalue weighted by Gasteiger charge is -2.13. The summed E-state index contributed by atoms with van der Waals surface area (Å²) in [5.74, 6) is -0.252. The summed E-state index contributed by atoms with van der Waals surface area (Å²) in [5.41, 5.74) is 6.46. The van der Waals surface area contributed by atoms with E-state index in [0.717, 1.165) is 6.42 Å².